The molecule has 6 nitrogen and oxygen atoms in total. The minimum Gasteiger partial charge on any atom is -0.390 e. The van der Waals surface area contributed by atoms with Gasteiger partial charge in [0.05, 0.1) is 11.7 Å². The Morgan fingerprint density at radius 1 is 1.18 bits per heavy atom. The van der Waals surface area contributed by atoms with Crippen LogP contribution in [0.3, 0.4) is 0 Å². The van der Waals surface area contributed by atoms with Crippen LogP contribution in [0.5, 0.6) is 0 Å². The van der Waals surface area contributed by atoms with Crippen LogP contribution in [0.2, 0.25) is 0 Å². The van der Waals surface area contributed by atoms with E-state index >= 15 is 0 Å². The molecule has 2 N–H and O–H groups in total. The van der Waals surface area contributed by atoms with Crippen molar-refractivity contribution in [3.05, 3.63) is 82.9 Å². The number of hydrogen-bond acceptors (Lipinski definition) is 4. The molecule has 2 aromatic carbocycles. The van der Waals surface area contributed by atoms with Crippen LogP contribution < -0.4 is 10.8 Å². The molecule has 6 heteroatoms. The lowest BCUT2D eigenvalue weighted by Gasteiger charge is -2.19. The quantitative estimate of drug-likeness (QED) is 0.582. The lowest BCUT2D eigenvalue weighted by molar-refractivity contribution is 0.0811. The van der Waals surface area contributed by atoms with Crippen LogP contribution in [0.15, 0.2) is 60.5 Å². The SMILES string of the molecule is CCC1CCCCn2c(cc3ccc(C(=O)NC4=CC(c5cccc(C)c5)NO4)cc32)C1=O. The number of amides is 1. The first kappa shape index (κ1) is 21.5. The van der Waals surface area contributed by atoms with E-state index in [2.05, 4.69) is 28.4 Å². The average Bonchev–Trinajstić information content (AvgIpc) is 3.42. The molecule has 0 spiro atoms. The zero-order valence-electron chi connectivity index (χ0n) is 19.1. The maximum absolute atomic E-state index is 13.1. The smallest absolute Gasteiger partial charge is 0.258 e. The van der Waals surface area contributed by atoms with Crippen LogP contribution in [0.25, 0.3) is 10.9 Å². The van der Waals surface area contributed by atoms with E-state index in [1.165, 1.54) is 5.56 Å². The lowest BCUT2D eigenvalue weighted by atomic mass is 9.91. The van der Waals surface area contributed by atoms with Crippen molar-refractivity contribution in [3.63, 3.8) is 0 Å². The summed E-state index contributed by atoms with van der Waals surface area (Å²) in [5.41, 5.74) is 7.42. The van der Waals surface area contributed by atoms with Crippen molar-refractivity contribution in [2.45, 2.75) is 52.1 Å². The van der Waals surface area contributed by atoms with Gasteiger partial charge in [-0.05, 0) is 49.9 Å². The predicted octanol–water partition coefficient (Wildman–Crippen LogP) is 5.19. The third kappa shape index (κ3) is 4.18. The summed E-state index contributed by atoms with van der Waals surface area (Å²) in [5.74, 6) is 0.445. The fourth-order valence-electron chi connectivity index (χ4n) is 4.86. The molecule has 33 heavy (non-hydrogen) atoms. The van der Waals surface area contributed by atoms with Crippen LogP contribution in [-0.4, -0.2) is 16.3 Å². The van der Waals surface area contributed by atoms with E-state index in [1.807, 2.05) is 49.4 Å². The van der Waals surface area contributed by atoms with Crippen molar-refractivity contribution in [2.75, 3.05) is 0 Å². The molecule has 0 bridgehead atoms. The number of aryl methyl sites for hydroxylation is 2. The number of fused-ring (bicyclic) bond motifs is 3. The zero-order chi connectivity index (χ0) is 22.9. The zero-order valence-corrected chi connectivity index (χ0v) is 19.1. The number of ketones is 1. The summed E-state index contributed by atoms with van der Waals surface area (Å²) >= 11 is 0. The molecule has 0 fully saturated rings. The number of rotatable bonds is 4. The van der Waals surface area contributed by atoms with Gasteiger partial charge in [0.25, 0.3) is 5.91 Å². The van der Waals surface area contributed by atoms with Gasteiger partial charge in [-0.25, -0.2) is 0 Å². The lowest BCUT2D eigenvalue weighted by Crippen LogP contribution is -2.24. The Kier molecular flexibility index (Phi) is 5.77. The number of benzene rings is 2. The third-order valence-electron chi connectivity index (χ3n) is 6.72. The second-order valence-electron chi connectivity index (χ2n) is 9.02. The summed E-state index contributed by atoms with van der Waals surface area (Å²) in [6.07, 6.45) is 5.76. The van der Waals surface area contributed by atoms with E-state index in [1.54, 1.807) is 6.07 Å². The molecule has 3 heterocycles. The van der Waals surface area contributed by atoms with Gasteiger partial charge in [-0.3, -0.25) is 14.9 Å². The molecule has 5 rings (SSSR count). The molecule has 0 saturated carbocycles. The highest BCUT2D eigenvalue weighted by atomic mass is 16.7. The molecule has 2 aliphatic heterocycles. The Labute approximate surface area is 193 Å². The monoisotopic (exact) mass is 443 g/mol. The molecular weight excluding hydrogens is 414 g/mol. The Morgan fingerprint density at radius 2 is 2.06 bits per heavy atom. The van der Waals surface area contributed by atoms with E-state index in [9.17, 15) is 9.59 Å². The molecule has 2 aliphatic rings. The highest BCUT2D eigenvalue weighted by Crippen LogP contribution is 2.29. The van der Waals surface area contributed by atoms with E-state index in [4.69, 9.17) is 4.84 Å². The number of hydroxylamine groups is 1. The van der Waals surface area contributed by atoms with Gasteiger partial charge in [0.15, 0.2) is 5.78 Å². The fraction of sp³-hybridized carbons (Fsp3) is 0.333. The minimum absolute atomic E-state index is 0.0800. The molecule has 1 aromatic heterocycles. The second-order valence-corrected chi connectivity index (χ2v) is 9.02. The average molecular weight is 444 g/mol. The normalized spacial score (nSPS) is 20.5. The number of Topliss-reactive ketones (excluding diaryl/α,β-unsaturated/α-hetero) is 1. The topological polar surface area (TPSA) is 72.4 Å². The number of nitrogens with zero attached hydrogens (tertiary/aromatic N) is 1. The molecule has 170 valence electrons. The van der Waals surface area contributed by atoms with Crippen molar-refractivity contribution in [2.24, 2.45) is 5.92 Å². The first-order valence-corrected chi connectivity index (χ1v) is 11.7. The summed E-state index contributed by atoms with van der Waals surface area (Å²) < 4.78 is 2.09. The van der Waals surface area contributed by atoms with Gasteiger partial charge in [-0.1, -0.05) is 49.2 Å². The standard InChI is InChI=1S/C27H29N3O3/c1-3-18-8-4-5-12-30-23-15-21(11-10-20(23)14-24(30)26(18)31)27(32)28-25-16-22(29-33-25)19-9-6-7-17(2)13-19/h6-7,9-11,13-16,18,22,29H,3-5,8,12H2,1-2H3,(H,28,32). The van der Waals surface area contributed by atoms with E-state index in [-0.39, 0.29) is 23.7 Å². The first-order valence-electron chi connectivity index (χ1n) is 11.7. The van der Waals surface area contributed by atoms with Gasteiger partial charge in [0.2, 0.25) is 5.88 Å². The van der Waals surface area contributed by atoms with Gasteiger partial charge >= 0.3 is 0 Å². The Hall–Kier alpha value is -3.38. The molecule has 2 atom stereocenters. The third-order valence-corrected chi connectivity index (χ3v) is 6.72. The highest BCUT2D eigenvalue weighted by Gasteiger charge is 2.26. The molecule has 3 aromatic rings. The Bertz CT molecular complexity index is 1260. The minimum atomic E-state index is -0.242. The van der Waals surface area contributed by atoms with Crippen molar-refractivity contribution in [3.8, 4) is 0 Å². The second kappa shape index (κ2) is 8.87. The van der Waals surface area contributed by atoms with E-state index < -0.39 is 0 Å². The number of nitrogens with one attached hydrogen (secondary N) is 2. The van der Waals surface area contributed by atoms with E-state index in [0.717, 1.165) is 54.4 Å². The van der Waals surface area contributed by atoms with Crippen LogP contribution >= 0.6 is 0 Å². The molecule has 0 radical (unpaired) electrons. The van der Waals surface area contributed by atoms with Crippen molar-refractivity contribution >= 4 is 22.6 Å². The fourth-order valence-corrected chi connectivity index (χ4v) is 4.86. The first-order chi connectivity index (χ1) is 16.0. The van der Waals surface area contributed by atoms with E-state index in [0.29, 0.717) is 11.4 Å². The molecule has 2 unspecified atom stereocenters. The van der Waals surface area contributed by atoms with Crippen LogP contribution in [0.1, 0.15) is 70.6 Å². The van der Waals surface area contributed by atoms with Crippen LogP contribution in [-0.2, 0) is 11.4 Å². The number of aromatic nitrogens is 1. The van der Waals surface area contributed by atoms with Crippen molar-refractivity contribution in [1.82, 2.24) is 15.4 Å². The van der Waals surface area contributed by atoms with Gasteiger partial charge < -0.3 is 9.40 Å². The summed E-state index contributed by atoms with van der Waals surface area (Å²) in [4.78, 5) is 31.6. The summed E-state index contributed by atoms with van der Waals surface area (Å²) in [6, 6.07) is 15.6. The van der Waals surface area contributed by atoms with Crippen molar-refractivity contribution in [1.29, 1.82) is 0 Å². The van der Waals surface area contributed by atoms with Gasteiger partial charge in [-0.15, -0.1) is 5.48 Å². The van der Waals surface area contributed by atoms with Gasteiger partial charge in [0, 0.05) is 35.0 Å². The molecular formula is C27H29N3O3. The summed E-state index contributed by atoms with van der Waals surface area (Å²) in [5, 5.41) is 3.84. The maximum atomic E-state index is 13.1. The highest BCUT2D eigenvalue weighted by molar-refractivity contribution is 6.03. The van der Waals surface area contributed by atoms with Crippen molar-refractivity contribution < 1.29 is 14.4 Å². The van der Waals surface area contributed by atoms with Crippen LogP contribution in [0.4, 0.5) is 0 Å². The van der Waals surface area contributed by atoms with Crippen LogP contribution in [0, 0.1) is 12.8 Å². The van der Waals surface area contributed by atoms with Gasteiger partial charge in [-0.2, -0.15) is 0 Å². The number of hydrogen-bond donors (Lipinski definition) is 2. The number of carbonyl (C=O) groups excluding carboxylic acids is 2. The Morgan fingerprint density at radius 3 is 2.88 bits per heavy atom. The summed E-state index contributed by atoms with van der Waals surface area (Å²) in [6.45, 7) is 4.92. The largest absolute Gasteiger partial charge is 0.390 e. The summed E-state index contributed by atoms with van der Waals surface area (Å²) in [7, 11) is 0. The molecule has 0 aliphatic carbocycles. The maximum Gasteiger partial charge on any atom is 0.258 e. The number of carbonyl (C=O) groups is 2. The molecule has 1 amide bonds. The Balaban J connectivity index is 1.39. The van der Waals surface area contributed by atoms with Gasteiger partial charge in [0.1, 0.15) is 0 Å². The molecule has 0 saturated heterocycles. The predicted molar refractivity (Wildman–Crippen MR) is 128 cm³/mol.